The van der Waals surface area contributed by atoms with Crippen LogP contribution in [0.4, 0.5) is 11.5 Å². The summed E-state index contributed by atoms with van der Waals surface area (Å²) in [6.45, 7) is 5.99. The van der Waals surface area contributed by atoms with Crippen molar-refractivity contribution in [3.05, 3.63) is 27.9 Å². The second-order valence-electron chi connectivity index (χ2n) is 7.27. The van der Waals surface area contributed by atoms with Gasteiger partial charge in [0.25, 0.3) is 11.6 Å². The number of nitro groups is 1. The Labute approximate surface area is 163 Å². The molecule has 2 fully saturated rings. The number of aromatic nitrogens is 1. The number of hydrogen-bond donors (Lipinski definition) is 1. The number of nitrogens with zero attached hydrogens (tertiary/aromatic N) is 5. The maximum absolute atomic E-state index is 12.7. The number of piperazine rings is 1. The molecule has 2 N–H and O–H groups in total. The third-order valence-corrected chi connectivity index (χ3v) is 5.52. The standard InChI is InChI=1S/C18H26N6O4/c1-13(18(26)23-5-3-2-4-6-23)21-7-9-22(10-8-21)17-15(16(19)25)11-14(12-20-17)24(27)28/h11-13H,2-10H2,1H3,(H2,19,25)/t13-/m0/s1. The number of carbonyl (C=O) groups is 2. The number of anilines is 1. The monoisotopic (exact) mass is 390 g/mol. The molecule has 2 aliphatic rings. The third-order valence-electron chi connectivity index (χ3n) is 5.52. The molecule has 2 saturated heterocycles. The van der Waals surface area contributed by atoms with Crippen molar-refractivity contribution in [2.75, 3.05) is 44.2 Å². The summed E-state index contributed by atoms with van der Waals surface area (Å²) in [6.07, 6.45) is 4.44. The molecule has 2 aliphatic heterocycles. The van der Waals surface area contributed by atoms with Gasteiger partial charge in [-0.1, -0.05) is 0 Å². The Morgan fingerprint density at radius 3 is 2.36 bits per heavy atom. The molecule has 1 atom stereocenters. The van der Waals surface area contributed by atoms with Gasteiger partial charge in [0.1, 0.15) is 12.0 Å². The molecular weight excluding hydrogens is 364 g/mol. The first-order chi connectivity index (χ1) is 13.4. The molecule has 0 bridgehead atoms. The molecule has 152 valence electrons. The van der Waals surface area contributed by atoms with Gasteiger partial charge in [-0.05, 0) is 26.2 Å². The number of rotatable bonds is 5. The van der Waals surface area contributed by atoms with E-state index >= 15 is 0 Å². The molecule has 2 amide bonds. The van der Waals surface area contributed by atoms with Crippen LogP contribution in [0.5, 0.6) is 0 Å². The molecule has 0 aliphatic carbocycles. The summed E-state index contributed by atoms with van der Waals surface area (Å²) in [4.78, 5) is 44.9. The first-order valence-corrected chi connectivity index (χ1v) is 9.60. The number of nitrogens with two attached hydrogens (primary N) is 1. The average molecular weight is 390 g/mol. The smallest absolute Gasteiger partial charge is 0.288 e. The molecule has 3 heterocycles. The summed E-state index contributed by atoms with van der Waals surface area (Å²) in [5, 5.41) is 10.9. The van der Waals surface area contributed by atoms with Gasteiger partial charge in [0.2, 0.25) is 5.91 Å². The lowest BCUT2D eigenvalue weighted by atomic mass is 10.1. The summed E-state index contributed by atoms with van der Waals surface area (Å²) in [5.41, 5.74) is 5.17. The Kier molecular flexibility index (Phi) is 6.08. The fourth-order valence-electron chi connectivity index (χ4n) is 3.84. The molecule has 0 radical (unpaired) electrons. The number of likely N-dealkylation sites (tertiary alicyclic amines) is 1. The molecule has 3 rings (SSSR count). The minimum Gasteiger partial charge on any atom is -0.365 e. The van der Waals surface area contributed by atoms with Crippen molar-refractivity contribution >= 4 is 23.3 Å². The second-order valence-corrected chi connectivity index (χ2v) is 7.27. The van der Waals surface area contributed by atoms with Gasteiger partial charge in [-0.25, -0.2) is 4.98 Å². The van der Waals surface area contributed by atoms with Gasteiger partial charge in [-0.2, -0.15) is 0 Å². The summed E-state index contributed by atoms with van der Waals surface area (Å²) < 4.78 is 0. The predicted octanol–water partition coefficient (Wildman–Crippen LogP) is 0.612. The summed E-state index contributed by atoms with van der Waals surface area (Å²) in [6, 6.07) is 0.972. The molecule has 10 heteroatoms. The SMILES string of the molecule is C[C@@H](C(=O)N1CCCCC1)N1CCN(c2ncc([N+](=O)[O-])cc2C(N)=O)CC1. The van der Waals surface area contributed by atoms with Crippen LogP contribution < -0.4 is 10.6 Å². The first kappa shape index (κ1) is 20.0. The van der Waals surface area contributed by atoms with Crippen LogP contribution in [0, 0.1) is 10.1 Å². The fourth-order valence-corrected chi connectivity index (χ4v) is 3.84. The van der Waals surface area contributed by atoms with Crippen molar-refractivity contribution in [1.29, 1.82) is 0 Å². The quantitative estimate of drug-likeness (QED) is 0.576. The van der Waals surface area contributed by atoms with Crippen LogP contribution in [-0.4, -0.2) is 76.8 Å². The lowest BCUT2D eigenvalue weighted by molar-refractivity contribution is -0.385. The highest BCUT2D eigenvalue weighted by atomic mass is 16.6. The molecule has 0 unspecified atom stereocenters. The lowest BCUT2D eigenvalue weighted by Crippen LogP contribution is -2.55. The van der Waals surface area contributed by atoms with Gasteiger partial charge in [0.05, 0.1) is 16.5 Å². The van der Waals surface area contributed by atoms with Crippen LogP contribution in [0.2, 0.25) is 0 Å². The minimum atomic E-state index is -0.748. The Bertz CT molecular complexity index is 756. The van der Waals surface area contributed by atoms with Crippen molar-refractivity contribution in [3.8, 4) is 0 Å². The van der Waals surface area contributed by atoms with E-state index in [1.807, 2.05) is 16.7 Å². The topological polar surface area (TPSA) is 126 Å². The van der Waals surface area contributed by atoms with E-state index in [1.165, 1.54) is 12.5 Å². The number of amides is 2. The zero-order chi connectivity index (χ0) is 20.3. The Morgan fingerprint density at radius 1 is 1.14 bits per heavy atom. The molecule has 0 aromatic carbocycles. The van der Waals surface area contributed by atoms with Crippen molar-refractivity contribution < 1.29 is 14.5 Å². The number of primary amides is 1. The second kappa shape index (κ2) is 8.51. The molecular formula is C18H26N6O4. The van der Waals surface area contributed by atoms with E-state index in [9.17, 15) is 19.7 Å². The van der Waals surface area contributed by atoms with Crippen molar-refractivity contribution in [3.63, 3.8) is 0 Å². The number of hydrogen-bond acceptors (Lipinski definition) is 7. The predicted molar refractivity (Wildman–Crippen MR) is 103 cm³/mol. The van der Waals surface area contributed by atoms with E-state index in [0.29, 0.717) is 32.0 Å². The van der Waals surface area contributed by atoms with Crippen molar-refractivity contribution in [2.24, 2.45) is 5.73 Å². The fraction of sp³-hybridized carbons (Fsp3) is 0.611. The highest BCUT2D eigenvalue weighted by Gasteiger charge is 2.31. The Hall–Kier alpha value is -2.75. The largest absolute Gasteiger partial charge is 0.365 e. The summed E-state index contributed by atoms with van der Waals surface area (Å²) in [7, 11) is 0. The zero-order valence-electron chi connectivity index (χ0n) is 16.0. The van der Waals surface area contributed by atoms with Crippen LogP contribution in [0.1, 0.15) is 36.5 Å². The van der Waals surface area contributed by atoms with Crippen molar-refractivity contribution in [1.82, 2.24) is 14.8 Å². The summed E-state index contributed by atoms with van der Waals surface area (Å²) >= 11 is 0. The third kappa shape index (κ3) is 4.22. The van der Waals surface area contributed by atoms with E-state index in [2.05, 4.69) is 9.88 Å². The maximum Gasteiger partial charge on any atom is 0.288 e. The van der Waals surface area contributed by atoms with Crippen LogP contribution in [-0.2, 0) is 4.79 Å². The molecule has 10 nitrogen and oxygen atoms in total. The highest BCUT2D eigenvalue weighted by molar-refractivity contribution is 5.98. The molecule has 0 spiro atoms. The van der Waals surface area contributed by atoms with E-state index in [1.54, 1.807) is 0 Å². The van der Waals surface area contributed by atoms with Crippen LogP contribution in [0.3, 0.4) is 0 Å². The van der Waals surface area contributed by atoms with Gasteiger partial charge in [-0.15, -0.1) is 0 Å². The van der Waals surface area contributed by atoms with Crippen LogP contribution >= 0.6 is 0 Å². The number of carbonyl (C=O) groups excluding carboxylic acids is 2. The van der Waals surface area contributed by atoms with E-state index in [-0.39, 0.29) is 23.2 Å². The van der Waals surface area contributed by atoms with Gasteiger partial charge in [0, 0.05) is 45.3 Å². The van der Waals surface area contributed by atoms with Crippen molar-refractivity contribution in [2.45, 2.75) is 32.2 Å². The Morgan fingerprint density at radius 2 is 1.79 bits per heavy atom. The minimum absolute atomic E-state index is 0.0418. The van der Waals surface area contributed by atoms with Gasteiger partial charge >= 0.3 is 0 Å². The van der Waals surface area contributed by atoms with E-state index < -0.39 is 10.8 Å². The first-order valence-electron chi connectivity index (χ1n) is 9.60. The molecule has 0 saturated carbocycles. The summed E-state index contributed by atoms with van der Waals surface area (Å²) in [5.74, 6) is -0.227. The highest BCUT2D eigenvalue weighted by Crippen LogP contribution is 2.24. The zero-order valence-corrected chi connectivity index (χ0v) is 16.0. The number of piperidine rings is 1. The molecule has 28 heavy (non-hydrogen) atoms. The Balaban J connectivity index is 1.65. The average Bonchev–Trinajstić information content (AvgIpc) is 2.73. The van der Waals surface area contributed by atoms with Gasteiger partial charge < -0.3 is 15.5 Å². The van der Waals surface area contributed by atoms with Crippen LogP contribution in [0.25, 0.3) is 0 Å². The number of pyridine rings is 1. The normalized spacial score (nSPS) is 19.3. The van der Waals surface area contributed by atoms with Crippen LogP contribution in [0.15, 0.2) is 12.3 Å². The van der Waals surface area contributed by atoms with E-state index in [0.717, 1.165) is 32.1 Å². The molecule has 1 aromatic rings. The lowest BCUT2D eigenvalue weighted by Gasteiger charge is -2.40. The van der Waals surface area contributed by atoms with Gasteiger partial charge in [-0.3, -0.25) is 24.6 Å². The molecule has 1 aromatic heterocycles. The van der Waals surface area contributed by atoms with Gasteiger partial charge in [0.15, 0.2) is 0 Å². The maximum atomic E-state index is 12.7. The van der Waals surface area contributed by atoms with E-state index in [4.69, 9.17) is 5.73 Å².